The normalized spacial score (nSPS) is 11.8. The standard InChI is InChI=1S/C13H14BrNO3S2/c1-9-5-12(19-13(9)14)20(17,18)15-7-10-3-2-4-11(6-10)8-16/h2-6,15-16H,7-8H2,1H3. The van der Waals surface area contributed by atoms with Crippen LogP contribution in [0.2, 0.25) is 0 Å². The van der Waals surface area contributed by atoms with Crippen LogP contribution >= 0.6 is 27.3 Å². The third-order valence-corrected chi connectivity index (χ3v) is 6.75. The molecule has 2 rings (SSSR count). The number of thiophene rings is 1. The van der Waals surface area contributed by atoms with Gasteiger partial charge >= 0.3 is 0 Å². The maximum Gasteiger partial charge on any atom is 0.250 e. The van der Waals surface area contributed by atoms with Crippen LogP contribution in [0.3, 0.4) is 0 Å². The van der Waals surface area contributed by atoms with Gasteiger partial charge in [0.05, 0.1) is 10.4 Å². The van der Waals surface area contributed by atoms with E-state index in [1.807, 2.05) is 13.0 Å². The summed E-state index contributed by atoms with van der Waals surface area (Å²) in [7, 11) is -3.50. The Morgan fingerprint density at radius 1 is 1.30 bits per heavy atom. The first kappa shape index (κ1) is 15.7. The fourth-order valence-corrected chi connectivity index (χ4v) is 4.94. The van der Waals surface area contributed by atoms with Gasteiger partial charge in [-0.25, -0.2) is 13.1 Å². The van der Waals surface area contributed by atoms with Gasteiger partial charge in [-0.1, -0.05) is 24.3 Å². The number of halogens is 1. The van der Waals surface area contributed by atoms with Gasteiger partial charge in [-0.15, -0.1) is 11.3 Å². The number of benzene rings is 1. The summed E-state index contributed by atoms with van der Waals surface area (Å²) in [5.74, 6) is 0. The summed E-state index contributed by atoms with van der Waals surface area (Å²) in [4.78, 5) is 0. The van der Waals surface area contributed by atoms with Crippen LogP contribution in [0, 0.1) is 6.92 Å². The lowest BCUT2D eigenvalue weighted by Crippen LogP contribution is -2.22. The van der Waals surface area contributed by atoms with Crippen molar-refractivity contribution in [2.24, 2.45) is 0 Å². The topological polar surface area (TPSA) is 66.4 Å². The molecule has 1 aromatic carbocycles. The Morgan fingerprint density at radius 3 is 2.60 bits per heavy atom. The predicted molar refractivity (Wildman–Crippen MR) is 83.1 cm³/mol. The van der Waals surface area contributed by atoms with Gasteiger partial charge < -0.3 is 5.11 Å². The molecule has 0 aliphatic carbocycles. The van der Waals surface area contributed by atoms with E-state index < -0.39 is 10.0 Å². The van der Waals surface area contributed by atoms with Crippen LogP contribution in [0.15, 0.2) is 38.3 Å². The molecule has 1 heterocycles. The zero-order valence-electron chi connectivity index (χ0n) is 10.8. The van der Waals surface area contributed by atoms with Crippen molar-refractivity contribution in [3.8, 4) is 0 Å². The molecule has 2 aromatic rings. The Labute approximate surface area is 130 Å². The molecule has 0 aliphatic heterocycles. The van der Waals surface area contributed by atoms with Gasteiger partial charge in [0.15, 0.2) is 0 Å². The minimum atomic E-state index is -3.50. The molecule has 0 saturated carbocycles. The van der Waals surface area contributed by atoms with Crippen molar-refractivity contribution in [2.75, 3.05) is 0 Å². The molecule has 0 amide bonds. The van der Waals surface area contributed by atoms with Crippen molar-refractivity contribution in [1.29, 1.82) is 0 Å². The molecule has 108 valence electrons. The van der Waals surface area contributed by atoms with Gasteiger partial charge in [0.1, 0.15) is 4.21 Å². The van der Waals surface area contributed by atoms with Crippen molar-refractivity contribution in [1.82, 2.24) is 4.72 Å². The van der Waals surface area contributed by atoms with Crippen LogP contribution in [-0.2, 0) is 23.2 Å². The third-order valence-electron chi connectivity index (χ3n) is 2.74. The van der Waals surface area contributed by atoms with Gasteiger partial charge in [0.25, 0.3) is 0 Å². The zero-order valence-corrected chi connectivity index (χ0v) is 14.0. The number of aliphatic hydroxyl groups is 1. The maximum atomic E-state index is 12.2. The van der Waals surface area contributed by atoms with E-state index in [4.69, 9.17) is 5.11 Å². The van der Waals surface area contributed by atoms with Crippen LogP contribution in [0.1, 0.15) is 16.7 Å². The van der Waals surface area contributed by atoms with E-state index in [-0.39, 0.29) is 13.2 Å². The number of aliphatic hydroxyl groups excluding tert-OH is 1. The highest BCUT2D eigenvalue weighted by Gasteiger charge is 2.17. The van der Waals surface area contributed by atoms with E-state index in [1.54, 1.807) is 24.3 Å². The first-order chi connectivity index (χ1) is 9.42. The minimum absolute atomic E-state index is 0.0579. The summed E-state index contributed by atoms with van der Waals surface area (Å²) in [6, 6.07) is 8.81. The summed E-state index contributed by atoms with van der Waals surface area (Å²) >= 11 is 4.51. The van der Waals surface area contributed by atoms with Gasteiger partial charge in [-0.3, -0.25) is 0 Å². The van der Waals surface area contributed by atoms with Gasteiger partial charge in [0, 0.05) is 6.54 Å². The maximum absolute atomic E-state index is 12.2. The Bertz CT molecular complexity index is 691. The summed E-state index contributed by atoms with van der Waals surface area (Å²) in [6.07, 6.45) is 0. The second-order valence-electron chi connectivity index (χ2n) is 4.32. The number of aryl methyl sites for hydroxylation is 1. The lowest BCUT2D eigenvalue weighted by molar-refractivity contribution is 0.281. The van der Waals surface area contributed by atoms with E-state index in [1.165, 1.54) is 11.3 Å². The van der Waals surface area contributed by atoms with Gasteiger partial charge in [-0.05, 0) is 45.6 Å². The average molecular weight is 376 g/mol. The second kappa shape index (κ2) is 6.36. The second-order valence-corrected chi connectivity index (χ2v) is 8.69. The van der Waals surface area contributed by atoms with Crippen LogP contribution in [0.25, 0.3) is 0 Å². The number of hydrogen-bond donors (Lipinski definition) is 2. The minimum Gasteiger partial charge on any atom is -0.392 e. The van der Waals surface area contributed by atoms with E-state index >= 15 is 0 Å². The molecule has 0 bridgehead atoms. The molecular formula is C13H14BrNO3S2. The van der Waals surface area contributed by atoms with Crippen LogP contribution in [-0.4, -0.2) is 13.5 Å². The largest absolute Gasteiger partial charge is 0.392 e. The smallest absolute Gasteiger partial charge is 0.250 e. The van der Waals surface area contributed by atoms with E-state index in [0.717, 1.165) is 20.5 Å². The lowest BCUT2D eigenvalue weighted by Gasteiger charge is -2.06. The van der Waals surface area contributed by atoms with Crippen molar-refractivity contribution < 1.29 is 13.5 Å². The first-order valence-electron chi connectivity index (χ1n) is 5.86. The Morgan fingerprint density at radius 2 is 2.00 bits per heavy atom. The molecule has 1 aromatic heterocycles. The molecule has 7 heteroatoms. The number of rotatable bonds is 5. The fourth-order valence-electron chi connectivity index (χ4n) is 1.65. The molecule has 0 aliphatic rings. The molecular weight excluding hydrogens is 362 g/mol. The summed E-state index contributed by atoms with van der Waals surface area (Å²) in [5.41, 5.74) is 2.47. The van der Waals surface area contributed by atoms with Crippen molar-refractivity contribution in [3.05, 3.63) is 50.8 Å². The average Bonchev–Trinajstić information content (AvgIpc) is 2.78. The molecule has 0 unspecified atom stereocenters. The molecule has 0 atom stereocenters. The third kappa shape index (κ3) is 3.67. The van der Waals surface area contributed by atoms with Gasteiger partial charge in [-0.2, -0.15) is 0 Å². The van der Waals surface area contributed by atoms with Crippen LogP contribution in [0.5, 0.6) is 0 Å². The van der Waals surface area contributed by atoms with E-state index in [2.05, 4.69) is 20.7 Å². The molecule has 4 nitrogen and oxygen atoms in total. The lowest BCUT2D eigenvalue weighted by atomic mass is 10.1. The molecule has 0 fully saturated rings. The highest BCUT2D eigenvalue weighted by molar-refractivity contribution is 9.11. The van der Waals surface area contributed by atoms with Crippen molar-refractivity contribution in [3.63, 3.8) is 0 Å². The number of hydrogen-bond acceptors (Lipinski definition) is 4. The molecule has 2 N–H and O–H groups in total. The highest BCUT2D eigenvalue weighted by atomic mass is 79.9. The number of nitrogens with one attached hydrogen (secondary N) is 1. The molecule has 20 heavy (non-hydrogen) atoms. The Kier molecular flexibility index (Phi) is 4.98. The monoisotopic (exact) mass is 375 g/mol. The molecule has 0 saturated heterocycles. The van der Waals surface area contributed by atoms with Crippen LogP contribution in [0.4, 0.5) is 0 Å². The summed E-state index contributed by atoms with van der Waals surface area (Å²) in [5, 5.41) is 9.06. The van der Waals surface area contributed by atoms with Crippen LogP contribution < -0.4 is 4.72 Å². The quantitative estimate of drug-likeness (QED) is 0.844. The first-order valence-corrected chi connectivity index (χ1v) is 8.96. The summed E-state index contributed by atoms with van der Waals surface area (Å²) < 4.78 is 28.0. The fraction of sp³-hybridized carbons (Fsp3) is 0.231. The van der Waals surface area contributed by atoms with Gasteiger partial charge in [0.2, 0.25) is 10.0 Å². The number of sulfonamides is 1. The molecule has 0 spiro atoms. The van der Waals surface area contributed by atoms with E-state index in [0.29, 0.717) is 4.21 Å². The van der Waals surface area contributed by atoms with Crippen molar-refractivity contribution >= 4 is 37.3 Å². The SMILES string of the molecule is Cc1cc(S(=O)(=O)NCc2cccc(CO)c2)sc1Br. The summed E-state index contributed by atoms with van der Waals surface area (Å²) in [6.45, 7) is 1.99. The zero-order chi connectivity index (χ0) is 14.8. The Balaban J connectivity index is 2.12. The molecule has 0 radical (unpaired) electrons. The van der Waals surface area contributed by atoms with Crippen molar-refractivity contribution in [2.45, 2.75) is 24.3 Å². The predicted octanol–water partition coefficient (Wildman–Crippen LogP) is 2.79. The highest BCUT2D eigenvalue weighted by Crippen LogP contribution is 2.30. The van der Waals surface area contributed by atoms with E-state index in [9.17, 15) is 8.42 Å². The Hall–Kier alpha value is -0.730.